The molecule has 0 fully saturated rings. The van der Waals surface area contributed by atoms with Gasteiger partial charge in [-0.25, -0.2) is 9.50 Å². The highest BCUT2D eigenvalue weighted by atomic mass is 16.3. The first-order valence-electron chi connectivity index (χ1n) is 9.50. The van der Waals surface area contributed by atoms with Gasteiger partial charge in [-0.2, -0.15) is 5.10 Å². The van der Waals surface area contributed by atoms with Crippen LogP contribution in [0, 0.1) is 20.8 Å². The molecule has 27 heavy (non-hydrogen) atoms. The molecule has 4 rings (SSSR count). The fourth-order valence-electron chi connectivity index (χ4n) is 3.69. The Morgan fingerprint density at radius 1 is 1.11 bits per heavy atom. The van der Waals surface area contributed by atoms with Crippen molar-refractivity contribution in [3.05, 3.63) is 70.7 Å². The fourth-order valence-corrected chi connectivity index (χ4v) is 3.69. The van der Waals surface area contributed by atoms with E-state index in [-0.39, 0.29) is 0 Å². The van der Waals surface area contributed by atoms with Gasteiger partial charge in [0, 0.05) is 37.1 Å². The number of nitrogens with zero attached hydrogens (tertiary/aromatic N) is 4. The molecule has 0 bridgehead atoms. The molecule has 140 valence electrons. The van der Waals surface area contributed by atoms with Gasteiger partial charge < -0.3 is 5.11 Å². The van der Waals surface area contributed by atoms with E-state index in [1.165, 1.54) is 11.1 Å². The van der Waals surface area contributed by atoms with E-state index < -0.39 is 6.10 Å². The van der Waals surface area contributed by atoms with E-state index in [0.717, 1.165) is 47.8 Å². The van der Waals surface area contributed by atoms with E-state index in [2.05, 4.69) is 35.9 Å². The zero-order valence-corrected chi connectivity index (χ0v) is 16.2. The van der Waals surface area contributed by atoms with Crippen LogP contribution in [0.5, 0.6) is 0 Å². The van der Waals surface area contributed by atoms with Crippen molar-refractivity contribution in [2.75, 3.05) is 19.6 Å². The summed E-state index contributed by atoms with van der Waals surface area (Å²) in [6.07, 6.45) is 2.71. The second-order valence-electron chi connectivity index (χ2n) is 7.50. The number of aromatic nitrogens is 3. The summed E-state index contributed by atoms with van der Waals surface area (Å²) >= 11 is 0. The Morgan fingerprint density at radius 2 is 1.89 bits per heavy atom. The molecule has 1 aliphatic heterocycles. The molecule has 3 heterocycles. The standard InChI is InChI=1S/C22H26N4O/c1-15-4-6-19(7-5-15)21(27)14-25-10-8-18(9-11-25)20-13-22-23-16(2)12-17(3)26(22)24-20/h4-8,12-13,21,27H,9-11,14H2,1-3H3. The number of β-amino-alcohol motifs (C(OH)–C–C–N with tert-alkyl or cyclic N) is 1. The maximum Gasteiger partial charge on any atom is 0.156 e. The number of rotatable bonds is 4. The highest BCUT2D eigenvalue weighted by molar-refractivity contribution is 5.67. The van der Waals surface area contributed by atoms with Gasteiger partial charge in [-0.1, -0.05) is 35.9 Å². The van der Waals surface area contributed by atoms with Crippen molar-refractivity contribution in [2.24, 2.45) is 0 Å². The van der Waals surface area contributed by atoms with Gasteiger partial charge in [-0.15, -0.1) is 0 Å². The molecule has 1 unspecified atom stereocenters. The molecule has 0 amide bonds. The predicted octanol–water partition coefficient (Wildman–Crippen LogP) is 3.48. The van der Waals surface area contributed by atoms with Crippen LogP contribution in [0.2, 0.25) is 0 Å². The Morgan fingerprint density at radius 3 is 2.59 bits per heavy atom. The minimum atomic E-state index is -0.453. The second-order valence-corrected chi connectivity index (χ2v) is 7.50. The molecule has 0 spiro atoms. The summed E-state index contributed by atoms with van der Waals surface area (Å²) in [7, 11) is 0. The van der Waals surface area contributed by atoms with E-state index in [1.54, 1.807) is 0 Å². The summed E-state index contributed by atoms with van der Waals surface area (Å²) in [5.74, 6) is 0. The van der Waals surface area contributed by atoms with Gasteiger partial charge in [-0.3, -0.25) is 4.90 Å². The number of aliphatic hydroxyl groups excluding tert-OH is 1. The van der Waals surface area contributed by atoms with E-state index in [9.17, 15) is 5.11 Å². The van der Waals surface area contributed by atoms with Crippen LogP contribution in [0.1, 0.15) is 40.7 Å². The van der Waals surface area contributed by atoms with Crippen molar-refractivity contribution < 1.29 is 5.11 Å². The Bertz CT molecular complexity index is 987. The number of aryl methyl sites for hydroxylation is 3. The number of hydrogen-bond acceptors (Lipinski definition) is 4. The van der Waals surface area contributed by atoms with Crippen LogP contribution in [0.3, 0.4) is 0 Å². The van der Waals surface area contributed by atoms with Crippen molar-refractivity contribution in [2.45, 2.75) is 33.3 Å². The monoisotopic (exact) mass is 362 g/mol. The van der Waals surface area contributed by atoms with Gasteiger partial charge in [0.1, 0.15) is 0 Å². The van der Waals surface area contributed by atoms with Crippen molar-refractivity contribution in [1.82, 2.24) is 19.5 Å². The zero-order chi connectivity index (χ0) is 19.0. The van der Waals surface area contributed by atoms with E-state index in [4.69, 9.17) is 5.10 Å². The molecule has 0 radical (unpaired) electrons. The van der Waals surface area contributed by atoms with Crippen molar-refractivity contribution in [3.63, 3.8) is 0 Å². The molecule has 5 nitrogen and oxygen atoms in total. The molecule has 3 aromatic rings. The third-order valence-corrected chi connectivity index (χ3v) is 5.25. The summed E-state index contributed by atoms with van der Waals surface area (Å²) in [5, 5.41) is 15.2. The van der Waals surface area contributed by atoms with Crippen LogP contribution in [-0.2, 0) is 0 Å². The molecule has 1 N–H and O–H groups in total. The predicted molar refractivity (Wildman–Crippen MR) is 108 cm³/mol. The van der Waals surface area contributed by atoms with Crippen LogP contribution < -0.4 is 0 Å². The van der Waals surface area contributed by atoms with Crippen LogP contribution in [0.25, 0.3) is 11.2 Å². The van der Waals surface area contributed by atoms with Crippen LogP contribution in [0.4, 0.5) is 0 Å². The first-order valence-corrected chi connectivity index (χ1v) is 9.50. The van der Waals surface area contributed by atoms with Crippen LogP contribution >= 0.6 is 0 Å². The van der Waals surface area contributed by atoms with Gasteiger partial charge in [0.05, 0.1) is 11.8 Å². The second kappa shape index (κ2) is 7.25. The summed E-state index contributed by atoms with van der Waals surface area (Å²) in [6, 6.07) is 12.2. The average molecular weight is 362 g/mol. The number of benzene rings is 1. The Kier molecular flexibility index (Phi) is 4.81. The molecule has 1 atom stereocenters. The highest BCUT2D eigenvalue weighted by Crippen LogP contribution is 2.24. The van der Waals surface area contributed by atoms with Crippen molar-refractivity contribution in [1.29, 1.82) is 0 Å². The normalized spacial score (nSPS) is 16.5. The average Bonchev–Trinajstić information content (AvgIpc) is 3.07. The summed E-state index contributed by atoms with van der Waals surface area (Å²) in [5.41, 5.74) is 7.48. The molecule has 0 saturated heterocycles. The van der Waals surface area contributed by atoms with Gasteiger partial charge in [0.25, 0.3) is 0 Å². The van der Waals surface area contributed by atoms with Crippen molar-refractivity contribution in [3.8, 4) is 0 Å². The lowest BCUT2D eigenvalue weighted by Crippen LogP contribution is -2.32. The van der Waals surface area contributed by atoms with E-state index >= 15 is 0 Å². The third-order valence-electron chi connectivity index (χ3n) is 5.25. The SMILES string of the molecule is Cc1ccc(C(O)CN2CC=C(c3cc4nc(C)cc(C)n4n3)CC2)cc1. The van der Waals surface area contributed by atoms with E-state index in [0.29, 0.717) is 6.54 Å². The number of fused-ring (bicyclic) bond motifs is 1. The Labute approximate surface area is 160 Å². The Hall–Kier alpha value is -2.50. The van der Waals surface area contributed by atoms with Crippen LogP contribution in [0.15, 0.2) is 42.5 Å². The number of hydrogen-bond donors (Lipinski definition) is 1. The highest BCUT2D eigenvalue weighted by Gasteiger charge is 2.19. The zero-order valence-electron chi connectivity index (χ0n) is 16.2. The molecular weight excluding hydrogens is 336 g/mol. The maximum atomic E-state index is 10.5. The summed E-state index contributed by atoms with van der Waals surface area (Å²) in [4.78, 5) is 6.86. The lowest BCUT2D eigenvalue weighted by Gasteiger charge is -2.28. The quantitative estimate of drug-likeness (QED) is 0.772. The van der Waals surface area contributed by atoms with Crippen LogP contribution in [-0.4, -0.2) is 44.2 Å². The fraction of sp³-hybridized carbons (Fsp3) is 0.364. The van der Waals surface area contributed by atoms with Gasteiger partial charge in [0.15, 0.2) is 5.65 Å². The van der Waals surface area contributed by atoms with Gasteiger partial charge >= 0.3 is 0 Å². The lowest BCUT2D eigenvalue weighted by atomic mass is 10.0. The first-order chi connectivity index (χ1) is 13.0. The minimum Gasteiger partial charge on any atom is -0.387 e. The minimum absolute atomic E-state index is 0.453. The van der Waals surface area contributed by atoms with E-state index in [1.807, 2.05) is 41.8 Å². The summed E-state index contributed by atoms with van der Waals surface area (Å²) in [6.45, 7) is 8.53. The van der Waals surface area contributed by atoms with Crippen molar-refractivity contribution >= 4 is 11.2 Å². The largest absolute Gasteiger partial charge is 0.387 e. The molecule has 2 aromatic heterocycles. The molecule has 0 aliphatic carbocycles. The third kappa shape index (κ3) is 3.80. The lowest BCUT2D eigenvalue weighted by molar-refractivity contribution is 0.119. The molecule has 0 saturated carbocycles. The van der Waals surface area contributed by atoms with Gasteiger partial charge in [0.2, 0.25) is 0 Å². The molecule has 1 aliphatic rings. The van der Waals surface area contributed by atoms with Gasteiger partial charge in [-0.05, 0) is 44.4 Å². The number of aliphatic hydroxyl groups is 1. The topological polar surface area (TPSA) is 53.7 Å². The summed E-state index contributed by atoms with van der Waals surface area (Å²) < 4.78 is 1.91. The maximum absolute atomic E-state index is 10.5. The molecule has 5 heteroatoms. The molecular formula is C22H26N4O. The first kappa shape index (κ1) is 17.9. The molecule has 1 aromatic carbocycles. The Balaban J connectivity index is 1.45. The smallest absolute Gasteiger partial charge is 0.156 e.